The summed E-state index contributed by atoms with van der Waals surface area (Å²) in [6.07, 6.45) is -5.80. The highest BCUT2D eigenvalue weighted by Gasteiger charge is 2.62. The summed E-state index contributed by atoms with van der Waals surface area (Å²) in [5, 5.41) is 13.8. The van der Waals surface area contributed by atoms with E-state index in [0.29, 0.717) is 11.7 Å². The molecule has 0 saturated heterocycles. The molecule has 0 radical (unpaired) electrons. The normalized spacial score (nSPS) is 19.2. The molecule has 30 heavy (non-hydrogen) atoms. The Morgan fingerprint density at radius 3 is 2.30 bits per heavy atom. The number of rotatable bonds is 5. The Morgan fingerprint density at radius 2 is 1.77 bits per heavy atom. The summed E-state index contributed by atoms with van der Waals surface area (Å²) in [5.74, 6) is 0.0861. The zero-order valence-electron chi connectivity index (χ0n) is 16.9. The number of hydrogen-bond acceptors (Lipinski definition) is 4. The first kappa shape index (κ1) is 21.8. The molecule has 8 heteroatoms. The third-order valence-electron chi connectivity index (χ3n) is 4.92. The molecule has 1 aliphatic heterocycles. The van der Waals surface area contributed by atoms with Crippen molar-refractivity contribution in [2.75, 3.05) is 0 Å². The van der Waals surface area contributed by atoms with Gasteiger partial charge in [-0.25, -0.2) is 0 Å². The number of carbonyl (C=O) groups excluding carboxylic acids is 1. The number of amides is 1. The van der Waals surface area contributed by atoms with E-state index in [9.17, 15) is 23.1 Å². The van der Waals surface area contributed by atoms with Crippen molar-refractivity contribution in [3.8, 4) is 5.75 Å². The number of hydrazone groups is 1. The van der Waals surface area contributed by atoms with Gasteiger partial charge in [-0.1, -0.05) is 38.1 Å². The highest BCUT2D eigenvalue weighted by atomic mass is 19.4. The van der Waals surface area contributed by atoms with E-state index in [4.69, 9.17) is 4.74 Å². The molecule has 0 spiro atoms. The molecule has 1 atom stereocenters. The maximum atomic E-state index is 13.3. The Hall–Kier alpha value is -2.87. The molecular weight excluding hydrogens is 397 g/mol. The van der Waals surface area contributed by atoms with Gasteiger partial charge in [0, 0.05) is 17.7 Å². The lowest BCUT2D eigenvalue weighted by atomic mass is 10.0. The van der Waals surface area contributed by atoms with Crippen LogP contribution < -0.4 is 4.74 Å². The van der Waals surface area contributed by atoms with Crippen molar-refractivity contribution < 1.29 is 27.8 Å². The van der Waals surface area contributed by atoms with Gasteiger partial charge in [-0.05, 0) is 48.2 Å². The molecule has 1 heterocycles. The molecule has 3 rings (SSSR count). The molecule has 0 fully saturated rings. The maximum Gasteiger partial charge on any atom is 0.438 e. The lowest BCUT2D eigenvalue weighted by Gasteiger charge is -2.32. The Morgan fingerprint density at radius 1 is 1.17 bits per heavy atom. The van der Waals surface area contributed by atoms with Crippen LogP contribution in [0.1, 0.15) is 54.6 Å². The van der Waals surface area contributed by atoms with Crippen molar-refractivity contribution in [1.82, 2.24) is 5.01 Å². The lowest BCUT2D eigenvalue weighted by molar-refractivity contribution is -0.297. The van der Waals surface area contributed by atoms with Crippen LogP contribution >= 0.6 is 0 Å². The van der Waals surface area contributed by atoms with E-state index in [1.54, 1.807) is 12.1 Å². The quantitative estimate of drug-likeness (QED) is 0.751. The van der Waals surface area contributed by atoms with Crippen LogP contribution in [0, 0.1) is 0 Å². The highest BCUT2D eigenvalue weighted by Crippen LogP contribution is 2.40. The van der Waals surface area contributed by atoms with Gasteiger partial charge < -0.3 is 9.84 Å². The Kier molecular flexibility index (Phi) is 5.90. The van der Waals surface area contributed by atoms with Crippen molar-refractivity contribution in [1.29, 1.82) is 0 Å². The van der Waals surface area contributed by atoms with Gasteiger partial charge in [-0.15, -0.1) is 0 Å². The van der Waals surface area contributed by atoms with Gasteiger partial charge >= 0.3 is 6.18 Å². The number of ether oxygens (including phenoxy) is 1. The van der Waals surface area contributed by atoms with Crippen LogP contribution in [0.2, 0.25) is 0 Å². The van der Waals surface area contributed by atoms with Gasteiger partial charge in [0.2, 0.25) is 0 Å². The number of carbonyl (C=O) groups is 1. The smallest absolute Gasteiger partial charge is 0.438 e. The summed E-state index contributed by atoms with van der Waals surface area (Å²) >= 11 is 0. The number of benzene rings is 2. The van der Waals surface area contributed by atoms with Gasteiger partial charge in [-0.3, -0.25) is 4.79 Å². The lowest BCUT2D eigenvalue weighted by Crippen LogP contribution is -2.56. The minimum Gasteiger partial charge on any atom is -0.489 e. The van der Waals surface area contributed by atoms with E-state index in [2.05, 4.69) is 18.9 Å². The Bertz CT molecular complexity index is 938. The van der Waals surface area contributed by atoms with Gasteiger partial charge in [0.25, 0.3) is 11.6 Å². The molecular formula is C22H23F3N2O3. The second kappa shape index (κ2) is 8.10. The van der Waals surface area contributed by atoms with Crippen molar-refractivity contribution in [3.63, 3.8) is 0 Å². The summed E-state index contributed by atoms with van der Waals surface area (Å²) in [4.78, 5) is 12.6. The maximum absolute atomic E-state index is 13.3. The number of aliphatic hydroxyl groups is 1. The van der Waals surface area contributed by atoms with Crippen LogP contribution in [-0.4, -0.2) is 33.6 Å². The van der Waals surface area contributed by atoms with E-state index in [0.717, 1.165) is 5.56 Å². The average Bonchev–Trinajstić information content (AvgIpc) is 3.02. The van der Waals surface area contributed by atoms with Crippen LogP contribution in [-0.2, 0) is 6.61 Å². The fourth-order valence-corrected chi connectivity index (χ4v) is 3.14. The SMILES string of the molecule is CC1=NN(C(=O)c2ccc(COc3ccc(C(C)C)cc3)cc2)[C@](O)(C(F)(F)F)C1. The number of nitrogens with zero attached hydrogens (tertiary/aromatic N) is 2. The minimum atomic E-state index is -5.02. The molecule has 1 aliphatic rings. The third kappa shape index (κ3) is 4.33. The first-order chi connectivity index (χ1) is 14.0. The van der Waals surface area contributed by atoms with Crippen molar-refractivity contribution in [3.05, 3.63) is 65.2 Å². The van der Waals surface area contributed by atoms with E-state index >= 15 is 0 Å². The van der Waals surface area contributed by atoms with Crippen LogP contribution in [0.4, 0.5) is 13.2 Å². The number of halogens is 3. The zero-order chi connectivity index (χ0) is 22.1. The molecule has 0 aliphatic carbocycles. The second-order valence-electron chi connectivity index (χ2n) is 7.65. The largest absolute Gasteiger partial charge is 0.489 e. The zero-order valence-corrected chi connectivity index (χ0v) is 16.9. The van der Waals surface area contributed by atoms with Crippen LogP contribution in [0.15, 0.2) is 53.6 Å². The van der Waals surface area contributed by atoms with Gasteiger partial charge in [0.1, 0.15) is 12.4 Å². The fraction of sp³-hybridized carbons (Fsp3) is 0.364. The van der Waals surface area contributed by atoms with E-state index in [1.165, 1.54) is 24.6 Å². The molecule has 2 aromatic rings. The minimum absolute atomic E-state index is 0.0128. The molecule has 5 nitrogen and oxygen atoms in total. The Labute approximate surface area is 172 Å². The molecule has 1 amide bonds. The first-order valence-corrected chi connectivity index (χ1v) is 9.51. The van der Waals surface area contributed by atoms with Crippen LogP contribution in [0.5, 0.6) is 5.75 Å². The number of hydrogen-bond donors (Lipinski definition) is 1. The summed E-state index contributed by atoms with van der Waals surface area (Å²) in [6, 6.07) is 13.7. The molecule has 160 valence electrons. The second-order valence-corrected chi connectivity index (χ2v) is 7.65. The van der Waals surface area contributed by atoms with Crippen LogP contribution in [0.3, 0.4) is 0 Å². The van der Waals surface area contributed by atoms with Gasteiger partial charge in [0.05, 0.1) is 0 Å². The van der Waals surface area contributed by atoms with Crippen LogP contribution in [0.25, 0.3) is 0 Å². The van der Waals surface area contributed by atoms with E-state index in [-0.39, 0.29) is 22.9 Å². The predicted octanol–water partition coefficient (Wildman–Crippen LogP) is 4.86. The molecule has 1 N–H and O–H groups in total. The van der Waals surface area contributed by atoms with Gasteiger partial charge in [0.15, 0.2) is 0 Å². The monoisotopic (exact) mass is 420 g/mol. The fourth-order valence-electron chi connectivity index (χ4n) is 3.14. The highest BCUT2D eigenvalue weighted by molar-refractivity contribution is 5.97. The summed E-state index contributed by atoms with van der Waals surface area (Å²) in [5.41, 5.74) is -1.38. The summed E-state index contributed by atoms with van der Waals surface area (Å²) < 4.78 is 45.6. The topological polar surface area (TPSA) is 62.1 Å². The van der Waals surface area contributed by atoms with Gasteiger partial charge in [-0.2, -0.15) is 23.3 Å². The van der Waals surface area contributed by atoms with E-state index < -0.39 is 24.2 Å². The van der Waals surface area contributed by atoms with E-state index in [1.807, 2.05) is 24.3 Å². The average molecular weight is 420 g/mol. The summed E-state index contributed by atoms with van der Waals surface area (Å²) in [7, 11) is 0. The standard InChI is InChI=1S/C22H23F3N2O3/c1-14(2)17-8-10-19(11-9-17)30-13-16-4-6-18(7-5-16)20(28)27-21(29,22(23,24)25)12-15(3)26-27/h4-11,14,29H,12-13H2,1-3H3/t21-/m1/s1. The predicted molar refractivity (Wildman–Crippen MR) is 106 cm³/mol. The molecule has 2 aromatic carbocycles. The molecule has 0 saturated carbocycles. The van der Waals surface area contributed by atoms with Crippen molar-refractivity contribution >= 4 is 11.6 Å². The van der Waals surface area contributed by atoms with Crippen molar-refractivity contribution in [2.24, 2.45) is 5.10 Å². The third-order valence-corrected chi connectivity index (χ3v) is 4.92. The Balaban J connectivity index is 1.68. The molecule has 0 aromatic heterocycles. The van der Waals surface area contributed by atoms with Crippen molar-refractivity contribution in [2.45, 2.75) is 51.6 Å². The summed E-state index contributed by atoms with van der Waals surface area (Å²) in [6.45, 7) is 5.77. The molecule has 0 bridgehead atoms. The molecule has 0 unspecified atom stereocenters. The first-order valence-electron chi connectivity index (χ1n) is 9.51. The number of alkyl halides is 3.